The number of benzene rings is 1. The van der Waals surface area contributed by atoms with Gasteiger partial charge < -0.3 is 23.8 Å². The highest BCUT2D eigenvalue weighted by molar-refractivity contribution is 5.85. The van der Waals surface area contributed by atoms with E-state index < -0.39 is 0 Å². The number of aryl methyl sites for hydroxylation is 1. The summed E-state index contributed by atoms with van der Waals surface area (Å²) < 4.78 is 16.5. The number of carbonyl (C=O) groups excluding carboxylic acids is 1. The third kappa shape index (κ3) is 4.80. The number of carbonyl (C=O) groups is 1. The van der Waals surface area contributed by atoms with E-state index in [1.165, 1.54) is 0 Å². The van der Waals surface area contributed by atoms with Crippen molar-refractivity contribution in [2.24, 2.45) is 0 Å². The van der Waals surface area contributed by atoms with Gasteiger partial charge in [-0.15, -0.1) is 24.8 Å². The number of amides is 1. The van der Waals surface area contributed by atoms with Crippen molar-refractivity contribution in [2.45, 2.75) is 19.4 Å². The minimum Gasteiger partial charge on any atom is -0.496 e. The molecule has 9 heteroatoms. The molecule has 7 nitrogen and oxygen atoms in total. The number of nitrogens with zero attached hydrogens (tertiary/aromatic N) is 2. The molecule has 4 rings (SSSR count). The van der Waals surface area contributed by atoms with Gasteiger partial charge in [0.05, 0.1) is 31.5 Å². The minimum atomic E-state index is -0.0887. The topological polar surface area (TPSA) is 80.7 Å². The number of para-hydroxylation sites is 1. The smallest absolute Gasteiger partial charge is 0.263 e. The Morgan fingerprint density at radius 1 is 1.27 bits per heavy atom. The standard InChI is InChI=1S/C21H23N3O4.2ClH/c1-14-16(23-21(28-14)19-8-5-11-27-19)12-20(25)24-10-9-22-13-17(24)15-6-3-4-7-18(15)26-2;;/h3-8,11,17,22H,9-10,12-13H2,1-2H3;2*1H. The quantitative estimate of drug-likeness (QED) is 0.632. The first-order valence-corrected chi connectivity index (χ1v) is 9.30. The third-order valence-electron chi connectivity index (χ3n) is 5.00. The average molecular weight is 454 g/mol. The molecule has 162 valence electrons. The van der Waals surface area contributed by atoms with Crippen LogP contribution >= 0.6 is 24.8 Å². The molecule has 0 saturated carbocycles. The molecular formula is C21H25Cl2N3O4. The Morgan fingerprint density at radius 2 is 2.07 bits per heavy atom. The van der Waals surface area contributed by atoms with Gasteiger partial charge in [-0.3, -0.25) is 4.79 Å². The average Bonchev–Trinajstić information content (AvgIpc) is 3.38. The minimum absolute atomic E-state index is 0. The number of piperazine rings is 1. The van der Waals surface area contributed by atoms with Gasteiger partial charge in [0.15, 0.2) is 5.76 Å². The molecule has 30 heavy (non-hydrogen) atoms. The second kappa shape index (κ2) is 10.5. The SMILES string of the molecule is COc1ccccc1C1CNCCN1C(=O)Cc1nc(-c2ccco2)oc1C.Cl.Cl. The molecule has 0 radical (unpaired) electrons. The zero-order valence-corrected chi connectivity index (χ0v) is 18.4. The monoisotopic (exact) mass is 453 g/mol. The first-order valence-electron chi connectivity index (χ1n) is 9.30. The molecule has 3 aromatic rings. The summed E-state index contributed by atoms with van der Waals surface area (Å²) in [6, 6.07) is 11.3. The van der Waals surface area contributed by atoms with Crippen LogP contribution < -0.4 is 10.1 Å². The molecule has 0 aliphatic carbocycles. The van der Waals surface area contributed by atoms with Gasteiger partial charge >= 0.3 is 0 Å². The summed E-state index contributed by atoms with van der Waals surface area (Å²) in [6.45, 7) is 3.88. The molecule has 3 heterocycles. The highest BCUT2D eigenvalue weighted by Crippen LogP contribution is 2.31. The van der Waals surface area contributed by atoms with Gasteiger partial charge in [-0.2, -0.15) is 0 Å². The number of halogens is 2. The van der Waals surface area contributed by atoms with E-state index in [1.54, 1.807) is 25.5 Å². The Labute approximate surface area is 187 Å². The van der Waals surface area contributed by atoms with Gasteiger partial charge in [0.2, 0.25) is 5.91 Å². The van der Waals surface area contributed by atoms with Gasteiger partial charge in [0.1, 0.15) is 11.5 Å². The number of ether oxygens (including phenoxy) is 1. The van der Waals surface area contributed by atoms with Gasteiger partial charge in [0.25, 0.3) is 5.89 Å². The lowest BCUT2D eigenvalue weighted by atomic mass is 10.0. The van der Waals surface area contributed by atoms with Crippen LogP contribution in [0.1, 0.15) is 23.1 Å². The first kappa shape index (κ1) is 23.8. The van der Waals surface area contributed by atoms with Crippen LogP contribution in [0.4, 0.5) is 0 Å². The number of oxazole rings is 1. The van der Waals surface area contributed by atoms with Crippen LogP contribution in [-0.2, 0) is 11.2 Å². The maximum absolute atomic E-state index is 13.2. The predicted octanol–water partition coefficient (Wildman–Crippen LogP) is 3.81. The Hall–Kier alpha value is -2.48. The summed E-state index contributed by atoms with van der Waals surface area (Å²) in [5.74, 6) is 2.37. The molecule has 2 aromatic heterocycles. The molecule has 1 N–H and O–H groups in total. The van der Waals surface area contributed by atoms with Crippen LogP contribution in [0.3, 0.4) is 0 Å². The second-order valence-corrected chi connectivity index (χ2v) is 6.72. The molecule has 1 unspecified atom stereocenters. The molecule has 1 aliphatic rings. The molecule has 1 aromatic carbocycles. The van der Waals surface area contributed by atoms with Crippen molar-refractivity contribution in [1.82, 2.24) is 15.2 Å². The van der Waals surface area contributed by atoms with Crippen molar-refractivity contribution in [3.05, 3.63) is 59.7 Å². The van der Waals surface area contributed by atoms with E-state index in [4.69, 9.17) is 13.6 Å². The van der Waals surface area contributed by atoms with Crippen molar-refractivity contribution >= 4 is 30.7 Å². The summed E-state index contributed by atoms with van der Waals surface area (Å²) in [7, 11) is 1.65. The predicted molar refractivity (Wildman–Crippen MR) is 117 cm³/mol. The maximum atomic E-state index is 13.2. The number of aromatic nitrogens is 1. The second-order valence-electron chi connectivity index (χ2n) is 6.72. The summed E-state index contributed by atoms with van der Waals surface area (Å²) in [5.41, 5.74) is 1.63. The number of methoxy groups -OCH3 is 1. The lowest BCUT2D eigenvalue weighted by Gasteiger charge is -2.37. The van der Waals surface area contributed by atoms with Crippen molar-refractivity contribution in [3.8, 4) is 17.4 Å². The van der Waals surface area contributed by atoms with Gasteiger partial charge in [0, 0.05) is 25.2 Å². The van der Waals surface area contributed by atoms with Crippen molar-refractivity contribution in [3.63, 3.8) is 0 Å². The third-order valence-corrected chi connectivity index (χ3v) is 5.00. The molecule has 0 spiro atoms. The molecule has 1 saturated heterocycles. The van der Waals surface area contributed by atoms with Crippen LogP contribution in [0.15, 0.2) is 51.5 Å². The van der Waals surface area contributed by atoms with Crippen molar-refractivity contribution < 1.29 is 18.4 Å². The molecular weight excluding hydrogens is 429 g/mol. The highest BCUT2D eigenvalue weighted by Gasteiger charge is 2.30. The van der Waals surface area contributed by atoms with E-state index in [9.17, 15) is 4.79 Å². The van der Waals surface area contributed by atoms with Crippen LogP contribution in [0.25, 0.3) is 11.7 Å². The van der Waals surface area contributed by atoms with Crippen molar-refractivity contribution in [2.75, 3.05) is 26.7 Å². The van der Waals surface area contributed by atoms with Crippen molar-refractivity contribution in [1.29, 1.82) is 0 Å². The summed E-state index contributed by atoms with van der Waals surface area (Å²) in [5, 5.41) is 3.37. The number of nitrogens with one attached hydrogen (secondary N) is 1. The summed E-state index contributed by atoms with van der Waals surface area (Å²) in [6.07, 6.45) is 1.75. The molecule has 1 atom stereocenters. The number of furan rings is 1. The van der Waals surface area contributed by atoms with E-state index in [2.05, 4.69) is 10.3 Å². The molecule has 0 bridgehead atoms. The molecule has 1 amide bonds. The van der Waals surface area contributed by atoms with E-state index in [-0.39, 0.29) is 43.2 Å². The zero-order valence-electron chi connectivity index (χ0n) is 16.8. The normalized spacial score (nSPS) is 15.8. The van der Waals surface area contributed by atoms with E-state index in [0.717, 1.165) is 17.9 Å². The van der Waals surface area contributed by atoms with Crippen LogP contribution in [0, 0.1) is 6.92 Å². The van der Waals surface area contributed by atoms with Gasteiger partial charge in [-0.05, 0) is 25.1 Å². The van der Waals surface area contributed by atoms with Crippen LogP contribution in [-0.4, -0.2) is 42.5 Å². The van der Waals surface area contributed by atoms with Gasteiger partial charge in [-0.25, -0.2) is 4.98 Å². The van der Waals surface area contributed by atoms with E-state index in [0.29, 0.717) is 36.2 Å². The lowest BCUT2D eigenvalue weighted by Crippen LogP contribution is -2.49. The first-order chi connectivity index (χ1) is 13.7. The Balaban J connectivity index is 0.00000160. The van der Waals surface area contributed by atoms with Gasteiger partial charge in [-0.1, -0.05) is 18.2 Å². The fourth-order valence-corrected chi connectivity index (χ4v) is 3.56. The summed E-state index contributed by atoms with van der Waals surface area (Å²) in [4.78, 5) is 19.5. The fourth-order valence-electron chi connectivity index (χ4n) is 3.56. The highest BCUT2D eigenvalue weighted by atomic mass is 35.5. The van der Waals surface area contributed by atoms with E-state index in [1.807, 2.05) is 36.1 Å². The Bertz CT molecular complexity index is 959. The van der Waals surface area contributed by atoms with Crippen LogP contribution in [0.2, 0.25) is 0 Å². The number of rotatable bonds is 5. The molecule has 1 fully saturated rings. The van der Waals surface area contributed by atoms with E-state index >= 15 is 0 Å². The number of hydrogen-bond acceptors (Lipinski definition) is 6. The lowest BCUT2D eigenvalue weighted by molar-refractivity contribution is -0.133. The van der Waals surface area contributed by atoms with Crippen LogP contribution in [0.5, 0.6) is 5.75 Å². The zero-order chi connectivity index (χ0) is 19.5. The Morgan fingerprint density at radius 3 is 2.80 bits per heavy atom. The Kier molecular flexibility index (Phi) is 8.34. The fraction of sp³-hybridized carbons (Fsp3) is 0.333. The largest absolute Gasteiger partial charge is 0.496 e. The summed E-state index contributed by atoms with van der Waals surface area (Å²) >= 11 is 0. The molecule has 1 aliphatic heterocycles. The number of hydrogen-bond donors (Lipinski definition) is 1. The maximum Gasteiger partial charge on any atom is 0.263 e.